The third-order valence-corrected chi connectivity index (χ3v) is 7.17. The highest BCUT2D eigenvalue weighted by atomic mass is 16.2. The summed E-state index contributed by atoms with van der Waals surface area (Å²) < 4.78 is 1.64. The van der Waals surface area contributed by atoms with Crippen LogP contribution in [0.4, 0.5) is 5.69 Å². The number of aromatic nitrogens is 2. The van der Waals surface area contributed by atoms with Crippen molar-refractivity contribution in [1.82, 2.24) is 14.7 Å². The van der Waals surface area contributed by atoms with Crippen molar-refractivity contribution in [3.63, 3.8) is 0 Å². The molecule has 32 heavy (non-hydrogen) atoms. The average Bonchev–Trinajstić information content (AvgIpc) is 3.22. The lowest BCUT2D eigenvalue weighted by atomic mass is 9.95. The number of piperidine rings is 1. The number of carbonyl (C=O) groups is 2. The number of benzene rings is 1. The molecule has 5 rings (SSSR count). The van der Waals surface area contributed by atoms with Gasteiger partial charge in [0.25, 0.3) is 5.56 Å². The van der Waals surface area contributed by atoms with Gasteiger partial charge in [-0.3, -0.25) is 14.4 Å². The molecule has 0 bridgehead atoms. The topological polar surface area (TPSA) is 75.5 Å². The molecule has 1 atom stereocenters. The van der Waals surface area contributed by atoms with E-state index in [4.69, 9.17) is 0 Å². The number of fused-ring (bicyclic) bond motifs is 1. The predicted molar refractivity (Wildman–Crippen MR) is 121 cm³/mol. The normalized spacial score (nSPS) is 21.6. The summed E-state index contributed by atoms with van der Waals surface area (Å²) in [7, 11) is 0. The van der Waals surface area contributed by atoms with Crippen LogP contribution in [0.3, 0.4) is 0 Å². The van der Waals surface area contributed by atoms with Crippen LogP contribution in [0.15, 0.2) is 41.2 Å². The van der Waals surface area contributed by atoms with Crippen LogP contribution in [-0.4, -0.2) is 46.1 Å². The van der Waals surface area contributed by atoms with Crippen LogP contribution >= 0.6 is 0 Å². The molecular weight excluding hydrogens is 404 g/mol. The number of hydrogen-bond donors (Lipinski definition) is 0. The molecule has 1 aromatic heterocycles. The Labute approximate surface area is 188 Å². The number of anilines is 1. The van der Waals surface area contributed by atoms with E-state index < -0.39 is 0 Å². The van der Waals surface area contributed by atoms with Gasteiger partial charge in [0, 0.05) is 44.4 Å². The number of amides is 2. The van der Waals surface area contributed by atoms with Crippen molar-refractivity contribution in [1.29, 1.82) is 0 Å². The van der Waals surface area contributed by atoms with E-state index in [1.807, 2.05) is 35.2 Å². The Morgan fingerprint density at radius 2 is 1.78 bits per heavy atom. The highest BCUT2D eigenvalue weighted by Gasteiger charge is 2.38. The van der Waals surface area contributed by atoms with Crippen LogP contribution in [0.2, 0.25) is 0 Å². The largest absolute Gasteiger partial charge is 0.342 e. The number of nitrogens with zero attached hydrogens (tertiary/aromatic N) is 4. The van der Waals surface area contributed by atoms with Gasteiger partial charge in [0.1, 0.15) is 0 Å². The molecule has 1 unspecified atom stereocenters. The quantitative estimate of drug-likeness (QED) is 0.741. The number of aryl methyl sites for hydroxylation is 2. The van der Waals surface area contributed by atoms with Gasteiger partial charge in [0.2, 0.25) is 11.8 Å². The molecule has 0 N–H and O–H groups in total. The predicted octanol–water partition coefficient (Wildman–Crippen LogP) is 2.41. The molecule has 7 heteroatoms. The highest BCUT2D eigenvalue weighted by Crippen LogP contribution is 2.28. The van der Waals surface area contributed by atoms with Gasteiger partial charge >= 0.3 is 0 Å². The van der Waals surface area contributed by atoms with Crippen LogP contribution in [0.25, 0.3) is 0 Å². The Hall–Kier alpha value is -2.96. The van der Waals surface area contributed by atoms with Gasteiger partial charge < -0.3 is 9.80 Å². The van der Waals surface area contributed by atoms with E-state index in [2.05, 4.69) is 5.10 Å². The Morgan fingerprint density at radius 3 is 2.56 bits per heavy atom. The van der Waals surface area contributed by atoms with E-state index in [1.165, 1.54) is 0 Å². The fraction of sp³-hybridized carbons (Fsp3) is 0.520. The van der Waals surface area contributed by atoms with Gasteiger partial charge in [-0.2, -0.15) is 5.10 Å². The summed E-state index contributed by atoms with van der Waals surface area (Å²) in [6, 6.07) is 11.3. The van der Waals surface area contributed by atoms with Gasteiger partial charge in [0.05, 0.1) is 11.6 Å². The maximum atomic E-state index is 13.1. The van der Waals surface area contributed by atoms with E-state index in [0.29, 0.717) is 32.1 Å². The van der Waals surface area contributed by atoms with Crippen molar-refractivity contribution in [2.75, 3.05) is 24.5 Å². The Kier molecular flexibility index (Phi) is 5.81. The first-order valence-corrected chi connectivity index (χ1v) is 11.8. The lowest BCUT2D eigenvalue weighted by Gasteiger charge is -2.33. The Balaban J connectivity index is 1.17. The molecule has 0 spiro atoms. The number of carbonyl (C=O) groups excluding carboxylic acids is 2. The summed E-state index contributed by atoms with van der Waals surface area (Å²) in [5, 5.41) is 4.65. The average molecular weight is 435 g/mol. The minimum absolute atomic E-state index is 0.00497. The van der Waals surface area contributed by atoms with Crippen LogP contribution < -0.4 is 10.5 Å². The van der Waals surface area contributed by atoms with Gasteiger partial charge in [0.15, 0.2) is 0 Å². The lowest BCUT2D eigenvalue weighted by molar-refractivity contribution is -0.137. The standard InChI is InChI=1S/C25H30N4O3/c30-23-15-20(17-28(23)21-7-2-1-3-8-21)25(32)27-12-10-18(11-13-27)16-29-24(31)14-19-6-4-5-9-22(19)26-29/h1-3,7-8,14,18,20H,4-6,9-13,15-17H2. The fourth-order valence-electron chi connectivity index (χ4n) is 5.30. The van der Waals surface area contributed by atoms with Crippen molar-refractivity contribution >= 4 is 17.5 Å². The third kappa shape index (κ3) is 4.20. The molecule has 3 heterocycles. The molecule has 2 aliphatic heterocycles. The Bertz CT molecular complexity index is 1060. The number of rotatable bonds is 4. The molecule has 7 nitrogen and oxygen atoms in total. The molecule has 2 amide bonds. The fourth-order valence-corrected chi connectivity index (χ4v) is 5.30. The summed E-state index contributed by atoms with van der Waals surface area (Å²) in [5.41, 5.74) is 3.05. The molecule has 2 fully saturated rings. The van der Waals surface area contributed by atoms with Crippen molar-refractivity contribution in [3.8, 4) is 0 Å². The van der Waals surface area contributed by atoms with Gasteiger partial charge in [-0.25, -0.2) is 4.68 Å². The van der Waals surface area contributed by atoms with Crippen LogP contribution in [0, 0.1) is 11.8 Å². The van der Waals surface area contributed by atoms with Crippen molar-refractivity contribution in [2.45, 2.75) is 51.5 Å². The zero-order valence-electron chi connectivity index (χ0n) is 18.4. The molecule has 168 valence electrons. The zero-order chi connectivity index (χ0) is 22.1. The number of likely N-dealkylation sites (tertiary alicyclic amines) is 1. The molecule has 0 radical (unpaired) electrons. The number of hydrogen-bond acceptors (Lipinski definition) is 4. The highest BCUT2D eigenvalue weighted by molar-refractivity contribution is 6.00. The second-order valence-electron chi connectivity index (χ2n) is 9.35. The smallest absolute Gasteiger partial charge is 0.267 e. The first-order valence-electron chi connectivity index (χ1n) is 11.8. The van der Waals surface area contributed by atoms with Gasteiger partial charge in [-0.05, 0) is 62.1 Å². The second kappa shape index (κ2) is 8.88. The molecule has 3 aliphatic rings. The van der Waals surface area contributed by atoms with E-state index >= 15 is 0 Å². The van der Waals surface area contributed by atoms with Gasteiger partial charge in [-0.1, -0.05) is 18.2 Å². The SMILES string of the molecule is O=C(C1CC(=O)N(c2ccccc2)C1)N1CCC(Cn2nc3c(cc2=O)CCCC3)CC1. The first kappa shape index (κ1) is 20.9. The van der Waals surface area contributed by atoms with Gasteiger partial charge in [-0.15, -0.1) is 0 Å². The van der Waals surface area contributed by atoms with E-state index in [1.54, 1.807) is 15.6 Å². The van der Waals surface area contributed by atoms with Crippen LogP contribution in [-0.2, 0) is 29.0 Å². The summed E-state index contributed by atoms with van der Waals surface area (Å²) in [6.07, 6.45) is 6.21. The third-order valence-electron chi connectivity index (χ3n) is 7.17. The maximum absolute atomic E-state index is 13.1. The number of para-hydroxylation sites is 1. The minimum Gasteiger partial charge on any atom is -0.342 e. The zero-order valence-corrected chi connectivity index (χ0v) is 18.4. The summed E-state index contributed by atoms with van der Waals surface area (Å²) in [4.78, 5) is 41.7. The Morgan fingerprint density at radius 1 is 1.03 bits per heavy atom. The molecule has 1 aliphatic carbocycles. The van der Waals surface area contributed by atoms with Crippen molar-refractivity contribution in [2.24, 2.45) is 11.8 Å². The minimum atomic E-state index is -0.274. The summed E-state index contributed by atoms with van der Waals surface area (Å²) in [5.74, 6) is 0.169. The molecular formula is C25H30N4O3. The lowest BCUT2D eigenvalue weighted by Crippen LogP contribution is -2.43. The van der Waals surface area contributed by atoms with Crippen molar-refractivity contribution < 1.29 is 9.59 Å². The van der Waals surface area contributed by atoms with E-state index in [-0.39, 0.29) is 29.7 Å². The molecule has 2 aromatic rings. The van der Waals surface area contributed by atoms with E-state index in [9.17, 15) is 14.4 Å². The molecule has 1 aromatic carbocycles. The maximum Gasteiger partial charge on any atom is 0.267 e. The molecule has 2 saturated heterocycles. The summed E-state index contributed by atoms with van der Waals surface area (Å²) >= 11 is 0. The first-order chi connectivity index (χ1) is 15.6. The molecule has 0 saturated carbocycles. The van der Waals surface area contributed by atoms with Crippen LogP contribution in [0.5, 0.6) is 0 Å². The monoisotopic (exact) mass is 434 g/mol. The summed E-state index contributed by atoms with van der Waals surface area (Å²) in [6.45, 7) is 2.44. The van der Waals surface area contributed by atoms with Crippen molar-refractivity contribution in [3.05, 3.63) is 58.0 Å². The van der Waals surface area contributed by atoms with E-state index in [0.717, 1.165) is 55.5 Å². The van der Waals surface area contributed by atoms with Crippen LogP contribution in [0.1, 0.15) is 43.4 Å². The second-order valence-corrected chi connectivity index (χ2v) is 9.35.